The van der Waals surface area contributed by atoms with E-state index in [-0.39, 0.29) is 17.9 Å². The lowest BCUT2D eigenvalue weighted by Gasteiger charge is -2.09. The Morgan fingerprint density at radius 1 is 1.20 bits per heavy atom. The monoisotopic (exact) mass is 342 g/mol. The highest BCUT2D eigenvalue weighted by molar-refractivity contribution is 9.10. The number of hydrogen-bond donors (Lipinski definition) is 1. The van der Waals surface area contributed by atoms with Gasteiger partial charge in [-0.15, -0.1) is 0 Å². The zero-order chi connectivity index (χ0) is 14.7. The van der Waals surface area contributed by atoms with Crippen molar-refractivity contribution in [3.63, 3.8) is 0 Å². The van der Waals surface area contributed by atoms with E-state index in [2.05, 4.69) is 15.9 Å². The quantitative estimate of drug-likeness (QED) is 0.913. The van der Waals surface area contributed by atoms with Crippen molar-refractivity contribution >= 4 is 21.9 Å². The molecular formula is C14H9BrF2O3. The number of ether oxygens (including phenoxy) is 1. The van der Waals surface area contributed by atoms with E-state index in [1.807, 2.05) is 0 Å². The van der Waals surface area contributed by atoms with Gasteiger partial charge in [-0.1, -0.05) is 22.0 Å². The third-order valence-electron chi connectivity index (χ3n) is 2.58. The van der Waals surface area contributed by atoms with Gasteiger partial charge in [0, 0.05) is 16.1 Å². The molecule has 2 rings (SSSR count). The predicted molar refractivity (Wildman–Crippen MR) is 71.8 cm³/mol. The summed E-state index contributed by atoms with van der Waals surface area (Å²) in [5, 5.41) is 8.83. The summed E-state index contributed by atoms with van der Waals surface area (Å²) in [5.74, 6) is -2.58. The van der Waals surface area contributed by atoms with Gasteiger partial charge in [0.05, 0.1) is 5.56 Å². The molecule has 0 atom stereocenters. The Labute approximate surface area is 121 Å². The summed E-state index contributed by atoms with van der Waals surface area (Å²) in [5.41, 5.74) is 0.785. The molecule has 0 aromatic heterocycles. The van der Waals surface area contributed by atoms with Crippen molar-refractivity contribution in [1.82, 2.24) is 0 Å². The van der Waals surface area contributed by atoms with Gasteiger partial charge in [-0.3, -0.25) is 0 Å². The number of benzene rings is 2. The van der Waals surface area contributed by atoms with Crippen molar-refractivity contribution < 1.29 is 23.4 Å². The maximum atomic E-state index is 13.4. The summed E-state index contributed by atoms with van der Waals surface area (Å²) in [4.78, 5) is 10.8. The van der Waals surface area contributed by atoms with Crippen molar-refractivity contribution in [2.45, 2.75) is 6.61 Å². The fourth-order valence-electron chi connectivity index (χ4n) is 1.55. The first-order chi connectivity index (χ1) is 9.47. The summed E-state index contributed by atoms with van der Waals surface area (Å²) in [6.45, 7) is 0.0308. The predicted octanol–water partition coefficient (Wildman–Crippen LogP) is 4.00. The average Bonchev–Trinajstić information content (AvgIpc) is 2.38. The highest BCUT2D eigenvalue weighted by atomic mass is 79.9. The second-order valence-electron chi connectivity index (χ2n) is 3.97. The molecule has 0 spiro atoms. The van der Waals surface area contributed by atoms with Crippen LogP contribution in [0, 0.1) is 11.6 Å². The van der Waals surface area contributed by atoms with Gasteiger partial charge in [0.2, 0.25) is 0 Å². The van der Waals surface area contributed by atoms with Crippen LogP contribution in [-0.2, 0) is 6.61 Å². The molecule has 1 N–H and O–H groups in total. The Bertz CT molecular complexity index is 659. The molecular weight excluding hydrogens is 334 g/mol. The lowest BCUT2D eigenvalue weighted by molar-refractivity contribution is 0.0696. The minimum Gasteiger partial charge on any atom is -0.486 e. The van der Waals surface area contributed by atoms with Crippen LogP contribution >= 0.6 is 15.9 Å². The molecule has 0 aliphatic heterocycles. The van der Waals surface area contributed by atoms with Crippen molar-refractivity contribution in [3.05, 3.63) is 63.6 Å². The number of carbonyl (C=O) groups is 1. The molecule has 0 heterocycles. The molecule has 3 nitrogen and oxygen atoms in total. The Morgan fingerprint density at radius 2 is 1.95 bits per heavy atom. The Balaban J connectivity index is 2.13. The van der Waals surface area contributed by atoms with Crippen molar-refractivity contribution in [2.75, 3.05) is 0 Å². The summed E-state index contributed by atoms with van der Waals surface area (Å²) in [7, 11) is 0. The number of aromatic carboxylic acids is 1. The molecule has 0 amide bonds. The zero-order valence-electron chi connectivity index (χ0n) is 10.1. The number of hydrogen-bond acceptors (Lipinski definition) is 2. The van der Waals surface area contributed by atoms with Crippen LogP contribution in [0.3, 0.4) is 0 Å². The topological polar surface area (TPSA) is 46.5 Å². The first-order valence-electron chi connectivity index (χ1n) is 5.57. The lowest BCUT2D eigenvalue weighted by Crippen LogP contribution is -2.01. The van der Waals surface area contributed by atoms with Crippen LogP contribution in [0.5, 0.6) is 5.75 Å². The standard InChI is InChI=1S/C14H9BrF2O3/c15-11-5-8(14(18)19)1-2-9(11)7-20-13-4-3-10(16)6-12(13)17/h1-6H,7H2,(H,18,19). The van der Waals surface area contributed by atoms with Crippen LogP contribution in [-0.4, -0.2) is 11.1 Å². The number of rotatable bonds is 4. The highest BCUT2D eigenvalue weighted by Gasteiger charge is 2.09. The van der Waals surface area contributed by atoms with Gasteiger partial charge < -0.3 is 9.84 Å². The maximum absolute atomic E-state index is 13.4. The van der Waals surface area contributed by atoms with E-state index in [0.29, 0.717) is 10.0 Å². The maximum Gasteiger partial charge on any atom is 0.335 e. The van der Waals surface area contributed by atoms with Gasteiger partial charge in [-0.2, -0.15) is 0 Å². The van der Waals surface area contributed by atoms with Crippen molar-refractivity contribution in [1.29, 1.82) is 0 Å². The molecule has 0 aliphatic rings. The molecule has 0 aliphatic carbocycles. The Morgan fingerprint density at radius 3 is 2.55 bits per heavy atom. The number of halogens is 3. The zero-order valence-corrected chi connectivity index (χ0v) is 11.7. The summed E-state index contributed by atoms with van der Waals surface area (Å²) >= 11 is 3.22. The van der Waals surface area contributed by atoms with E-state index in [4.69, 9.17) is 9.84 Å². The SMILES string of the molecule is O=C(O)c1ccc(COc2ccc(F)cc2F)c(Br)c1. The van der Waals surface area contributed by atoms with E-state index < -0.39 is 17.6 Å². The van der Waals surface area contributed by atoms with Gasteiger partial charge in [0.15, 0.2) is 11.6 Å². The van der Waals surface area contributed by atoms with Crippen LogP contribution in [0.25, 0.3) is 0 Å². The Hall–Kier alpha value is -1.95. The van der Waals surface area contributed by atoms with Gasteiger partial charge in [0.1, 0.15) is 12.4 Å². The summed E-state index contributed by atoms with van der Waals surface area (Å²) < 4.78 is 31.9. The molecule has 0 saturated carbocycles. The molecule has 0 saturated heterocycles. The van der Waals surface area contributed by atoms with E-state index >= 15 is 0 Å². The highest BCUT2D eigenvalue weighted by Crippen LogP contribution is 2.23. The third-order valence-corrected chi connectivity index (χ3v) is 3.32. The van der Waals surface area contributed by atoms with Crippen LogP contribution in [0.4, 0.5) is 8.78 Å². The van der Waals surface area contributed by atoms with Crippen LogP contribution in [0.1, 0.15) is 15.9 Å². The van der Waals surface area contributed by atoms with Gasteiger partial charge in [-0.25, -0.2) is 13.6 Å². The first-order valence-corrected chi connectivity index (χ1v) is 6.36. The summed E-state index contributed by atoms with van der Waals surface area (Å²) in [6.07, 6.45) is 0. The van der Waals surface area contributed by atoms with Gasteiger partial charge in [-0.05, 0) is 24.3 Å². The second kappa shape index (κ2) is 6.00. The largest absolute Gasteiger partial charge is 0.486 e. The molecule has 0 fully saturated rings. The molecule has 0 unspecified atom stereocenters. The summed E-state index contributed by atoms with van der Waals surface area (Å²) in [6, 6.07) is 7.45. The smallest absolute Gasteiger partial charge is 0.335 e. The van der Waals surface area contributed by atoms with E-state index in [1.165, 1.54) is 18.2 Å². The second-order valence-corrected chi connectivity index (χ2v) is 4.83. The first kappa shape index (κ1) is 14.5. The molecule has 0 radical (unpaired) electrons. The minimum absolute atomic E-state index is 0.0308. The third kappa shape index (κ3) is 3.33. The molecule has 0 bridgehead atoms. The fourth-order valence-corrected chi connectivity index (χ4v) is 2.04. The molecule has 104 valence electrons. The van der Waals surface area contributed by atoms with E-state index in [9.17, 15) is 13.6 Å². The molecule has 2 aromatic rings. The van der Waals surface area contributed by atoms with Gasteiger partial charge in [0.25, 0.3) is 0 Å². The van der Waals surface area contributed by atoms with Crippen LogP contribution in [0.15, 0.2) is 40.9 Å². The minimum atomic E-state index is -1.04. The van der Waals surface area contributed by atoms with Crippen LogP contribution in [0.2, 0.25) is 0 Å². The number of carboxylic acids is 1. The van der Waals surface area contributed by atoms with E-state index in [0.717, 1.165) is 12.1 Å². The fraction of sp³-hybridized carbons (Fsp3) is 0.0714. The Kier molecular flexibility index (Phi) is 4.34. The average molecular weight is 343 g/mol. The van der Waals surface area contributed by atoms with Crippen LogP contribution < -0.4 is 4.74 Å². The molecule has 6 heteroatoms. The van der Waals surface area contributed by atoms with Crippen molar-refractivity contribution in [2.24, 2.45) is 0 Å². The molecule has 2 aromatic carbocycles. The number of carboxylic acid groups (broad SMARTS) is 1. The van der Waals surface area contributed by atoms with E-state index in [1.54, 1.807) is 6.07 Å². The normalized spacial score (nSPS) is 10.3. The lowest BCUT2D eigenvalue weighted by atomic mass is 10.1. The van der Waals surface area contributed by atoms with Gasteiger partial charge >= 0.3 is 5.97 Å². The van der Waals surface area contributed by atoms with Crippen molar-refractivity contribution in [3.8, 4) is 5.75 Å². The molecule has 20 heavy (non-hydrogen) atoms.